The molecule has 0 aliphatic rings. The van der Waals surface area contributed by atoms with Crippen LogP contribution in [0.2, 0.25) is 5.02 Å². The summed E-state index contributed by atoms with van der Waals surface area (Å²) in [4.78, 5) is 37.4. The molecule has 0 fully saturated rings. The van der Waals surface area contributed by atoms with Crippen molar-refractivity contribution in [2.24, 2.45) is 0 Å². The van der Waals surface area contributed by atoms with Gasteiger partial charge in [-0.2, -0.15) is 5.10 Å². The lowest BCUT2D eigenvalue weighted by Crippen LogP contribution is -2.24. The van der Waals surface area contributed by atoms with Crippen LogP contribution in [0.5, 0.6) is 0 Å². The number of nitrogens with zero attached hydrogens (tertiary/aromatic N) is 2. The van der Waals surface area contributed by atoms with Crippen molar-refractivity contribution in [3.63, 3.8) is 0 Å². The molecule has 0 saturated carbocycles. The Morgan fingerprint density at radius 1 is 0.903 bits per heavy atom. The van der Waals surface area contributed by atoms with Crippen LogP contribution in [0.1, 0.15) is 10.4 Å². The second-order valence-corrected chi connectivity index (χ2v) is 7.17. The van der Waals surface area contributed by atoms with E-state index in [0.717, 1.165) is 0 Å². The summed E-state index contributed by atoms with van der Waals surface area (Å²) in [6.45, 7) is -0.117. The quantitative estimate of drug-likeness (QED) is 0.499. The molecule has 8 heteroatoms. The topological polar surface area (TPSA) is 93.1 Å². The van der Waals surface area contributed by atoms with Gasteiger partial charge in [0.15, 0.2) is 0 Å². The number of hydrogen-bond acceptors (Lipinski definition) is 4. The van der Waals surface area contributed by atoms with Crippen molar-refractivity contribution >= 4 is 45.7 Å². The average molecular weight is 433 g/mol. The molecule has 0 aliphatic carbocycles. The zero-order chi connectivity index (χ0) is 21.8. The van der Waals surface area contributed by atoms with Crippen molar-refractivity contribution in [3.05, 3.63) is 99.8 Å². The molecule has 1 aromatic heterocycles. The summed E-state index contributed by atoms with van der Waals surface area (Å²) in [5.41, 5.74) is 1.60. The summed E-state index contributed by atoms with van der Waals surface area (Å²) in [6, 6.07) is 20.4. The number of carbonyl (C=O) groups is 2. The first-order valence-corrected chi connectivity index (χ1v) is 9.80. The Balaban J connectivity index is 1.53. The number of amides is 2. The Morgan fingerprint density at radius 3 is 2.42 bits per heavy atom. The Kier molecular flexibility index (Phi) is 5.77. The maximum atomic E-state index is 12.7. The molecule has 0 unspecified atom stereocenters. The highest BCUT2D eigenvalue weighted by molar-refractivity contribution is 6.30. The first kappa shape index (κ1) is 20.3. The van der Waals surface area contributed by atoms with Gasteiger partial charge in [-0.1, -0.05) is 35.9 Å². The molecule has 2 amide bonds. The Morgan fingerprint density at radius 2 is 1.61 bits per heavy atom. The van der Waals surface area contributed by atoms with Gasteiger partial charge in [-0.05, 0) is 48.5 Å². The fourth-order valence-electron chi connectivity index (χ4n) is 3.13. The second kappa shape index (κ2) is 8.81. The lowest BCUT2D eigenvalue weighted by molar-refractivity contribution is -0.116. The van der Waals surface area contributed by atoms with Crippen LogP contribution >= 0.6 is 11.6 Å². The lowest BCUT2D eigenvalue weighted by Gasteiger charge is -2.13. The van der Waals surface area contributed by atoms with Crippen LogP contribution in [0, 0.1) is 0 Å². The van der Waals surface area contributed by atoms with E-state index < -0.39 is 0 Å². The molecule has 31 heavy (non-hydrogen) atoms. The number of benzene rings is 3. The van der Waals surface area contributed by atoms with E-state index in [0.29, 0.717) is 32.9 Å². The van der Waals surface area contributed by atoms with Gasteiger partial charge in [-0.25, -0.2) is 0 Å². The van der Waals surface area contributed by atoms with Crippen molar-refractivity contribution in [1.82, 2.24) is 9.78 Å². The smallest absolute Gasteiger partial charge is 0.257 e. The monoisotopic (exact) mass is 432 g/mol. The predicted molar refractivity (Wildman–Crippen MR) is 120 cm³/mol. The number of aromatic nitrogens is 2. The van der Waals surface area contributed by atoms with Crippen LogP contribution in [0.4, 0.5) is 11.4 Å². The third-order valence-electron chi connectivity index (χ3n) is 4.60. The molecule has 1 heterocycles. The molecule has 0 atom stereocenters. The fourth-order valence-corrected chi connectivity index (χ4v) is 3.26. The van der Waals surface area contributed by atoms with Gasteiger partial charge in [0.1, 0.15) is 6.54 Å². The normalized spacial score (nSPS) is 10.6. The van der Waals surface area contributed by atoms with Gasteiger partial charge in [0.25, 0.3) is 5.91 Å². The summed E-state index contributed by atoms with van der Waals surface area (Å²) in [5.74, 6) is -0.752. The van der Waals surface area contributed by atoms with Crippen molar-refractivity contribution in [2.45, 2.75) is 6.54 Å². The van der Waals surface area contributed by atoms with Gasteiger partial charge in [-0.3, -0.25) is 19.1 Å². The van der Waals surface area contributed by atoms with Crippen molar-refractivity contribution < 1.29 is 9.59 Å². The standard InChI is InChI=1S/C23H17ClN4O3/c24-15-9-11-16(12-10-15)26-23(31)17-5-1-3-7-19(17)27-22(30)14-28-20-8-4-2-6-18(20)21(29)13-25-28/h1-13H,14H2,(H,26,31)(H,27,30). The minimum Gasteiger partial charge on any atom is -0.324 e. The van der Waals surface area contributed by atoms with Crippen LogP contribution in [-0.4, -0.2) is 21.6 Å². The first-order chi connectivity index (χ1) is 15.0. The first-order valence-electron chi connectivity index (χ1n) is 9.42. The maximum Gasteiger partial charge on any atom is 0.257 e. The molecule has 2 N–H and O–H groups in total. The van der Waals surface area contributed by atoms with Crippen LogP contribution in [0.3, 0.4) is 0 Å². The summed E-state index contributed by atoms with van der Waals surface area (Å²) >= 11 is 5.87. The maximum absolute atomic E-state index is 12.7. The molecule has 7 nitrogen and oxygen atoms in total. The van der Waals surface area contributed by atoms with Crippen molar-refractivity contribution in [1.29, 1.82) is 0 Å². The Hall–Kier alpha value is -3.97. The van der Waals surface area contributed by atoms with Crippen LogP contribution < -0.4 is 16.1 Å². The predicted octanol–water partition coefficient (Wildman–Crippen LogP) is 3.94. The number of nitrogens with one attached hydrogen (secondary N) is 2. The molecule has 0 saturated heterocycles. The highest BCUT2D eigenvalue weighted by atomic mass is 35.5. The number of fused-ring (bicyclic) bond motifs is 1. The highest BCUT2D eigenvalue weighted by Crippen LogP contribution is 2.19. The Bertz CT molecular complexity index is 1330. The van der Waals surface area contributed by atoms with E-state index in [1.165, 1.54) is 10.9 Å². The second-order valence-electron chi connectivity index (χ2n) is 6.74. The fraction of sp³-hybridized carbons (Fsp3) is 0.0435. The Labute approximate surface area is 182 Å². The van der Waals surface area contributed by atoms with E-state index in [4.69, 9.17) is 11.6 Å². The van der Waals surface area contributed by atoms with Crippen LogP contribution in [0.15, 0.2) is 83.8 Å². The number of anilines is 2. The molecule has 3 aromatic carbocycles. The zero-order valence-corrected chi connectivity index (χ0v) is 17.0. The van der Waals surface area contributed by atoms with Gasteiger partial charge in [-0.15, -0.1) is 0 Å². The summed E-state index contributed by atoms with van der Waals surface area (Å²) in [6.07, 6.45) is 1.18. The summed E-state index contributed by atoms with van der Waals surface area (Å²) < 4.78 is 1.45. The molecule has 0 aliphatic heterocycles. The van der Waals surface area contributed by atoms with E-state index in [2.05, 4.69) is 15.7 Å². The molecule has 0 radical (unpaired) electrons. The molecule has 4 rings (SSSR count). The number of rotatable bonds is 5. The van der Waals surface area contributed by atoms with Crippen LogP contribution in [-0.2, 0) is 11.3 Å². The largest absolute Gasteiger partial charge is 0.324 e. The van der Waals surface area contributed by atoms with Crippen molar-refractivity contribution in [3.8, 4) is 0 Å². The SMILES string of the molecule is O=C(Cn1ncc(=O)c2ccccc21)Nc1ccccc1C(=O)Nc1ccc(Cl)cc1. The van der Waals surface area contributed by atoms with Crippen molar-refractivity contribution in [2.75, 3.05) is 10.6 Å². The lowest BCUT2D eigenvalue weighted by atomic mass is 10.1. The third kappa shape index (κ3) is 4.62. The molecule has 0 spiro atoms. The zero-order valence-electron chi connectivity index (χ0n) is 16.2. The number of para-hydroxylation sites is 2. The molecule has 4 aromatic rings. The number of halogens is 1. The molecular weight excluding hydrogens is 416 g/mol. The molecular formula is C23H17ClN4O3. The average Bonchev–Trinajstić information content (AvgIpc) is 2.78. The highest BCUT2D eigenvalue weighted by Gasteiger charge is 2.14. The van der Waals surface area contributed by atoms with E-state index in [-0.39, 0.29) is 23.8 Å². The number of hydrogen-bond donors (Lipinski definition) is 2. The van der Waals surface area contributed by atoms with Gasteiger partial charge in [0.05, 0.1) is 23.0 Å². The van der Waals surface area contributed by atoms with Gasteiger partial charge >= 0.3 is 0 Å². The van der Waals surface area contributed by atoms with Crippen LogP contribution in [0.25, 0.3) is 10.9 Å². The summed E-state index contributed by atoms with van der Waals surface area (Å²) in [7, 11) is 0. The minimum atomic E-state index is -0.381. The summed E-state index contributed by atoms with van der Waals surface area (Å²) in [5, 5.41) is 10.6. The van der Waals surface area contributed by atoms with E-state index in [1.54, 1.807) is 72.8 Å². The van der Waals surface area contributed by atoms with E-state index >= 15 is 0 Å². The molecule has 0 bridgehead atoms. The van der Waals surface area contributed by atoms with E-state index in [9.17, 15) is 14.4 Å². The van der Waals surface area contributed by atoms with Gasteiger partial charge in [0, 0.05) is 16.1 Å². The minimum absolute atomic E-state index is 0.117. The number of carbonyl (C=O) groups excluding carboxylic acids is 2. The molecule has 154 valence electrons. The third-order valence-corrected chi connectivity index (χ3v) is 4.86. The van der Waals surface area contributed by atoms with Gasteiger partial charge in [0.2, 0.25) is 11.3 Å². The van der Waals surface area contributed by atoms with E-state index in [1.807, 2.05) is 0 Å². The van der Waals surface area contributed by atoms with Gasteiger partial charge < -0.3 is 10.6 Å².